The third kappa shape index (κ3) is 6.38. The highest BCUT2D eigenvalue weighted by atomic mass is 16.5. The van der Waals surface area contributed by atoms with Gasteiger partial charge in [0.2, 0.25) is 5.95 Å². The number of anilines is 3. The summed E-state index contributed by atoms with van der Waals surface area (Å²) in [4.78, 5) is 6.92. The molecule has 0 aliphatic carbocycles. The average Bonchev–Trinajstić information content (AvgIpc) is 2.97. The number of nitrogen functional groups attached to an aromatic ring is 1. The Kier molecular flexibility index (Phi) is 8.30. The number of nitrogens with one attached hydrogen (secondary N) is 4. The normalized spacial score (nSPS) is 18.2. The van der Waals surface area contributed by atoms with Gasteiger partial charge in [0, 0.05) is 31.4 Å². The second kappa shape index (κ2) is 12.2. The van der Waals surface area contributed by atoms with Crippen LogP contribution >= 0.6 is 0 Å². The number of nitrogens with zero attached hydrogens (tertiary/aromatic N) is 4. The molecule has 38 heavy (non-hydrogen) atoms. The van der Waals surface area contributed by atoms with E-state index in [2.05, 4.69) is 67.4 Å². The van der Waals surface area contributed by atoms with Crippen molar-refractivity contribution in [2.24, 2.45) is 5.73 Å². The van der Waals surface area contributed by atoms with Gasteiger partial charge in [-0.2, -0.15) is 4.98 Å². The van der Waals surface area contributed by atoms with Gasteiger partial charge >= 0.3 is 0 Å². The van der Waals surface area contributed by atoms with E-state index in [1.54, 1.807) is 7.11 Å². The fourth-order valence-corrected chi connectivity index (χ4v) is 5.18. The predicted molar refractivity (Wildman–Crippen MR) is 150 cm³/mol. The maximum atomic E-state index is 7.98. The van der Waals surface area contributed by atoms with E-state index in [4.69, 9.17) is 20.9 Å². The molecular weight excluding hydrogens is 478 g/mol. The standard InChI is InChI=1S/C28H37N9O/c1-38-24-10-4-19(5-11-24)17-32-23-3-2-16-37(18-23)28-34-27(25(26(29)30)35-36-28)33-22-8-6-20(7-9-22)21-12-14-31-15-13-21/h4-11,21,23,31-32H,2-3,12-18H2,1H3,(H3,29,30)(H,33,34,36)/t23-/m1/s1. The molecule has 0 unspecified atom stereocenters. The molecule has 0 bridgehead atoms. The molecule has 1 aromatic heterocycles. The van der Waals surface area contributed by atoms with Crippen LogP contribution in [0.3, 0.4) is 0 Å². The smallest absolute Gasteiger partial charge is 0.247 e. The van der Waals surface area contributed by atoms with Crippen molar-refractivity contribution in [2.45, 2.75) is 44.2 Å². The Bertz CT molecular complexity index is 1210. The Morgan fingerprint density at radius 1 is 1.08 bits per heavy atom. The molecule has 1 atom stereocenters. The molecule has 0 saturated carbocycles. The number of hydrogen-bond acceptors (Lipinski definition) is 9. The van der Waals surface area contributed by atoms with Gasteiger partial charge in [0.15, 0.2) is 11.5 Å². The monoisotopic (exact) mass is 515 g/mol. The van der Waals surface area contributed by atoms with E-state index in [0.717, 1.165) is 69.8 Å². The van der Waals surface area contributed by atoms with Crippen LogP contribution in [0.25, 0.3) is 0 Å². The molecule has 2 aromatic carbocycles. The molecule has 10 nitrogen and oxygen atoms in total. The van der Waals surface area contributed by atoms with E-state index in [9.17, 15) is 0 Å². The highest BCUT2D eigenvalue weighted by Gasteiger charge is 2.24. The average molecular weight is 516 g/mol. The SMILES string of the molecule is COc1ccc(CN[C@@H]2CCCN(c3nnc(C(=N)N)c(Nc4ccc(C5CCNCC5)cc4)n3)C2)cc1. The zero-order chi connectivity index (χ0) is 26.3. The highest BCUT2D eigenvalue weighted by molar-refractivity contribution is 5.98. The molecule has 2 aliphatic heterocycles. The lowest BCUT2D eigenvalue weighted by molar-refractivity contribution is 0.412. The Balaban J connectivity index is 1.25. The molecular formula is C28H37N9O. The van der Waals surface area contributed by atoms with Gasteiger partial charge in [0.05, 0.1) is 7.11 Å². The summed E-state index contributed by atoms with van der Waals surface area (Å²) in [5.41, 5.74) is 9.52. The molecule has 3 heterocycles. The van der Waals surface area contributed by atoms with Crippen LogP contribution in [0.5, 0.6) is 5.75 Å². The molecule has 2 fully saturated rings. The van der Waals surface area contributed by atoms with Crippen LogP contribution in [0.4, 0.5) is 17.5 Å². The van der Waals surface area contributed by atoms with Crippen molar-refractivity contribution in [3.63, 3.8) is 0 Å². The van der Waals surface area contributed by atoms with Gasteiger partial charge in [-0.3, -0.25) is 5.41 Å². The summed E-state index contributed by atoms with van der Waals surface area (Å²) >= 11 is 0. The molecule has 6 N–H and O–H groups in total. The van der Waals surface area contributed by atoms with Crippen LogP contribution in [0.15, 0.2) is 48.5 Å². The molecule has 0 amide bonds. The van der Waals surface area contributed by atoms with Gasteiger partial charge in [-0.15, -0.1) is 10.2 Å². The molecule has 10 heteroatoms. The fourth-order valence-electron chi connectivity index (χ4n) is 5.18. The van der Waals surface area contributed by atoms with Crippen molar-refractivity contribution >= 4 is 23.3 Å². The fraction of sp³-hybridized carbons (Fsp3) is 0.429. The Morgan fingerprint density at radius 2 is 1.84 bits per heavy atom. The van der Waals surface area contributed by atoms with Gasteiger partial charge in [0.25, 0.3) is 0 Å². The lowest BCUT2D eigenvalue weighted by Crippen LogP contribution is -2.46. The number of aromatic nitrogens is 3. The first-order chi connectivity index (χ1) is 18.6. The molecule has 0 radical (unpaired) electrons. The molecule has 0 spiro atoms. The van der Waals surface area contributed by atoms with Crippen LogP contribution in [-0.4, -0.2) is 60.3 Å². The Labute approximate surface area is 223 Å². The minimum absolute atomic E-state index is 0.164. The summed E-state index contributed by atoms with van der Waals surface area (Å²) in [5.74, 6) is 2.28. The van der Waals surface area contributed by atoms with Gasteiger partial charge in [0.1, 0.15) is 11.6 Å². The molecule has 5 rings (SSSR count). The zero-order valence-electron chi connectivity index (χ0n) is 21.9. The Hall–Kier alpha value is -3.76. The van der Waals surface area contributed by atoms with Crippen molar-refractivity contribution in [3.05, 3.63) is 65.4 Å². The number of ether oxygens (including phenoxy) is 1. The van der Waals surface area contributed by atoms with Crippen LogP contribution < -0.4 is 31.3 Å². The van der Waals surface area contributed by atoms with E-state index >= 15 is 0 Å². The van der Waals surface area contributed by atoms with E-state index in [1.165, 1.54) is 11.1 Å². The van der Waals surface area contributed by atoms with E-state index in [1.807, 2.05) is 12.1 Å². The summed E-state index contributed by atoms with van der Waals surface area (Å²) in [6, 6.07) is 16.9. The second-order valence-electron chi connectivity index (χ2n) is 10.0. The van der Waals surface area contributed by atoms with Crippen LogP contribution in [-0.2, 0) is 6.54 Å². The van der Waals surface area contributed by atoms with E-state index < -0.39 is 0 Å². The van der Waals surface area contributed by atoms with Gasteiger partial charge in [-0.25, -0.2) is 0 Å². The van der Waals surface area contributed by atoms with Crippen molar-refractivity contribution < 1.29 is 4.74 Å². The second-order valence-corrected chi connectivity index (χ2v) is 10.0. The van der Waals surface area contributed by atoms with Crippen molar-refractivity contribution in [2.75, 3.05) is 43.5 Å². The zero-order valence-corrected chi connectivity index (χ0v) is 21.9. The van der Waals surface area contributed by atoms with Gasteiger partial charge in [-0.05, 0) is 80.1 Å². The van der Waals surface area contributed by atoms with Gasteiger partial charge < -0.3 is 31.3 Å². The van der Waals surface area contributed by atoms with Crippen molar-refractivity contribution in [3.8, 4) is 5.75 Å². The largest absolute Gasteiger partial charge is 0.497 e. The predicted octanol–water partition coefficient (Wildman–Crippen LogP) is 3.13. The maximum absolute atomic E-state index is 7.98. The first-order valence-corrected chi connectivity index (χ1v) is 13.4. The summed E-state index contributed by atoms with van der Waals surface area (Å²) in [5, 5.41) is 27.0. The Morgan fingerprint density at radius 3 is 2.55 bits per heavy atom. The third-order valence-corrected chi connectivity index (χ3v) is 7.37. The molecule has 200 valence electrons. The number of benzene rings is 2. The first-order valence-electron chi connectivity index (χ1n) is 13.4. The molecule has 2 saturated heterocycles. The summed E-state index contributed by atoms with van der Waals surface area (Å²) in [6.45, 7) is 4.55. The maximum Gasteiger partial charge on any atom is 0.247 e. The number of amidine groups is 1. The summed E-state index contributed by atoms with van der Waals surface area (Å²) < 4.78 is 5.25. The van der Waals surface area contributed by atoms with E-state index in [0.29, 0.717) is 23.7 Å². The minimum atomic E-state index is -0.164. The molecule has 2 aliphatic rings. The lowest BCUT2D eigenvalue weighted by Gasteiger charge is -2.33. The number of methoxy groups -OCH3 is 1. The quantitative estimate of drug-likeness (QED) is 0.215. The number of rotatable bonds is 9. The van der Waals surface area contributed by atoms with Crippen molar-refractivity contribution in [1.29, 1.82) is 5.41 Å². The third-order valence-electron chi connectivity index (χ3n) is 7.37. The number of nitrogens with two attached hydrogens (primary N) is 1. The summed E-state index contributed by atoms with van der Waals surface area (Å²) in [7, 11) is 1.68. The van der Waals surface area contributed by atoms with Gasteiger partial charge in [-0.1, -0.05) is 24.3 Å². The molecule has 3 aromatic rings. The van der Waals surface area contributed by atoms with Crippen molar-refractivity contribution in [1.82, 2.24) is 25.8 Å². The first kappa shape index (κ1) is 25.9. The van der Waals surface area contributed by atoms with Crippen LogP contribution in [0.1, 0.15) is 48.4 Å². The van der Waals surface area contributed by atoms with Crippen LogP contribution in [0.2, 0.25) is 0 Å². The van der Waals surface area contributed by atoms with E-state index in [-0.39, 0.29) is 11.5 Å². The highest BCUT2D eigenvalue weighted by Crippen LogP contribution is 2.28. The topological polar surface area (TPSA) is 137 Å². The minimum Gasteiger partial charge on any atom is -0.497 e. The lowest BCUT2D eigenvalue weighted by atomic mass is 9.90. The number of piperidine rings is 2. The summed E-state index contributed by atoms with van der Waals surface area (Å²) in [6.07, 6.45) is 4.43. The van der Waals surface area contributed by atoms with Crippen LogP contribution in [0, 0.1) is 5.41 Å². The number of hydrogen-bond donors (Lipinski definition) is 5.